The molecule has 3 aromatic rings. The average Bonchev–Trinajstić information content (AvgIpc) is 3.21. The van der Waals surface area contributed by atoms with Gasteiger partial charge in [0.25, 0.3) is 0 Å². The number of hydrogen-bond donors (Lipinski definition) is 2. The van der Waals surface area contributed by atoms with Gasteiger partial charge >= 0.3 is 0 Å². The summed E-state index contributed by atoms with van der Waals surface area (Å²) in [6.45, 7) is 1.09. The number of anilines is 1. The highest BCUT2D eigenvalue weighted by Gasteiger charge is 2.04. The molecule has 1 amide bonds. The van der Waals surface area contributed by atoms with Crippen molar-refractivity contribution in [3.63, 3.8) is 0 Å². The second-order valence-electron chi connectivity index (χ2n) is 5.65. The SMILES string of the molecule is COc1ccc(CC(=O)NCCNc2cc(-n3cccc3)ncn2)cc1. The van der Waals surface area contributed by atoms with Gasteiger partial charge in [0.15, 0.2) is 0 Å². The maximum atomic E-state index is 12.0. The van der Waals surface area contributed by atoms with Crippen LogP contribution < -0.4 is 15.4 Å². The van der Waals surface area contributed by atoms with Gasteiger partial charge in [-0.3, -0.25) is 4.79 Å². The third-order valence-electron chi connectivity index (χ3n) is 3.80. The van der Waals surface area contributed by atoms with Gasteiger partial charge in [-0.25, -0.2) is 9.97 Å². The van der Waals surface area contributed by atoms with Crippen LogP contribution in [-0.4, -0.2) is 40.6 Å². The molecule has 0 saturated carbocycles. The van der Waals surface area contributed by atoms with Crippen LogP contribution in [0, 0.1) is 0 Å². The Morgan fingerprint density at radius 3 is 2.62 bits per heavy atom. The van der Waals surface area contributed by atoms with Crippen molar-refractivity contribution in [3.05, 3.63) is 66.7 Å². The molecule has 7 heteroatoms. The average molecular weight is 351 g/mol. The molecule has 0 aliphatic heterocycles. The van der Waals surface area contributed by atoms with Crippen LogP contribution in [0.2, 0.25) is 0 Å². The van der Waals surface area contributed by atoms with Crippen molar-refractivity contribution in [2.24, 2.45) is 0 Å². The highest BCUT2D eigenvalue weighted by atomic mass is 16.5. The van der Waals surface area contributed by atoms with Crippen LogP contribution in [0.4, 0.5) is 5.82 Å². The van der Waals surface area contributed by atoms with Crippen molar-refractivity contribution >= 4 is 11.7 Å². The third-order valence-corrected chi connectivity index (χ3v) is 3.80. The van der Waals surface area contributed by atoms with E-state index in [0.717, 1.165) is 17.1 Å². The van der Waals surface area contributed by atoms with Crippen LogP contribution in [-0.2, 0) is 11.2 Å². The van der Waals surface area contributed by atoms with E-state index in [4.69, 9.17) is 4.74 Å². The van der Waals surface area contributed by atoms with E-state index in [1.165, 1.54) is 6.33 Å². The van der Waals surface area contributed by atoms with Gasteiger partial charge in [0.05, 0.1) is 13.5 Å². The lowest BCUT2D eigenvalue weighted by Gasteiger charge is -2.09. The van der Waals surface area contributed by atoms with Gasteiger partial charge in [0.2, 0.25) is 5.91 Å². The fourth-order valence-corrected chi connectivity index (χ4v) is 2.46. The first kappa shape index (κ1) is 17.5. The van der Waals surface area contributed by atoms with Gasteiger partial charge in [0, 0.05) is 31.5 Å². The molecule has 0 atom stereocenters. The zero-order chi connectivity index (χ0) is 18.2. The lowest BCUT2D eigenvalue weighted by molar-refractivity contribution is -0.120. The van der Waals surface area contributed by atoms with E-state index in [9.17, 15) is 4.79 Å². The largest absolute Gasteiger partial charge is 0.497 e. The first-order chi connectivity index (χ1) is 12.7. The topological polar surface area (TPSA) is 81.1 Å². The molecule has 3 rings (SSSR count). The summed E-state index contributed by atoms with van der Waals surface area (Å²) in [5, 5.41) is 6.08. The number of amides is 1. The lowest BCUT2D eigenvalue weighted by Crippen LogP contribution is -2.30. The van der Waals surface area contributed by atoms with E-state index in [1.54, 1.807) is 7.11 Å². The zero-order valence-electron chi connectivity index (χ0n) is 14.6. The minimum atomic E-state index is -0.0207. The molecule has 1 aromatic carbocycles. The van der Waals surface area contributed by atoms with Crippen molar-refractivity contribution in [3.8, 4) is 11.6 Å². The smallest absolute Gasteiger partial charge is 0.224 e. The van der Waals surface area contributed by atoms with Crippen molar-refractivity contribution in [1.82, 2.24) is 19.9 Å². The number of methoxy groups -OCH3 is 1. The van der Waals surface area contributed by atoms with Gasteiger partial charge in [-0.15, -0.1) is 0 Å². The molecule has 0 fully saturated rings. The molecule has 0 radical (unpaired) electrons. The Morgan fingerprint density at radius 2 is 1.88 bits per heavy atom. The van der Waals surface area contributed by atoms with Crippen molar-refractivity contribution < 1.29 is 9.53 Å². The van der Waals surface area contributed by atoms with Crippen LogP contribution >= 0.6 is 0 Å². The maximum absolute atomic E-state index is 12.0. The van der Waals surface area contributed by atoms with Crippen molar-refractivity contribution in [1.29, 1.82) is 0 Å². The summed E-state index contributed by atoms with van der Waals surface area (Å²) < 4.78 is 7.01. The highest BCUT2D eigenvalue weighted by molar-refractivity contribution is 5.78. The van der Waals surface area contributed by atoms with Crippen LogP contribution in [0.3, 0.4) is 0 Å². The summed E-state index contributed by atoms with van der Waals surface area (Å²) in [7, 11) is 1.62. The molecule has 0 aliphatic carbocycles. The van der Waals surface area contributed by atoms with E-state index in [-0.39, 0.29) is 5.91 Å². The van der Waals surface area contributed by atoms with E-state index in [0.29, 0.717) is 25.3 Å². The van der Waals surface area contributed by atoms with Crippen LogP contribution in [0.5, 0.6) is 5.75 Å². The highest BCUT2D eigenvalue weighted by Crippen LogP contribution is 2.11. The maximum Gasteiger partial charge on any atom is 0.224 e. The summed E-state index contributed by atoms with van der Waals surface area (Å²) in [5.74, 6) is 2.26. The van der Waals surface area contributed by atoms with Gasteiger partial charge < -0.3 is 19.9 Å². The number of hydrogen-bond acceptors (Lipinski definition) is 5. The monoisotopic (exact) mass is 351 g/mol. The molecule has 0 aliphatic rings. The fraction of sp³-hybridized carbons (Fsp3) is 0.211. The Labute approximate surface area is 152 Å². The van der Waals surface area contributed by atoms with Gasteiger partial charge in [0.1, 0.15) is 23.7 Å². The molecule has 0 saturated heterocycles. The molecular formula is C19H21N5O2. The third kappa shape index (κ3) is 4.83. The first-order valence-corrected chi connectivity index (χ1v) is 8.33. The van der Waals surface area contributed by atoms with Gasteiger partial charge in [-0.1, -0.05) is 12.1 Å². The predicted octanol–water partition coefficient (Wildman–Crippen LogP) is 2.05. The predicted molar refractivity (Wildman–Crippen MR) is 99.6 cm³/mol. The summed E-state index contributed by atoms with van der Waals surface area (Å²) >= 11 is 0. The Bertz CT molecular complexity index is 831. The standard InChI is InChI=1S/C19H21N5O2/c1-26-16-6-4-15(5-7-16)12-19(25)21-9-8-20-17-13-18(23-14-22-17)24-10-2-3-11-24/h2-7,10-11,13-14H,8-9,12H2,1H3,(H,21,25)(H,20,22,23). The quantitative estimate of drug-likeness (QED) is 0.607. The lowest BCUT2D eigenvalue weighted by atomic mass is 10.1. The Kier molecular flexibility index (Phi) is 5.82. The number of nitrogens with one attached hydrogen (secondary N) is 2. The molecule has 2 N–H and O–H groups in total. The molecular weight excluding hydrogens is 330 g/mol. The first-order valence-electron chi connectivity index (χ1n) is 8.33. The number of carbonyl (C=O) groups excluding carboxylic acids is 1. The van der Waals surface area contributed by atoms with Crippen molar-refractivity contribution in [2.45, 2.75) is 6.42 Å². The van der Waals surface area contributed by atoms with Gasteiger partial charge in [-0.2, -0.15) is 0 Å². The zero-order valence-corrected chi connectivity index (χ0v) is 14.6. The van der Waals surface area contributed by atoms with Crippen LogP contribution in [0.1, 0.15) is 5.56 Å². The van der Waals surface area contributed by atoms with E-state index < -0.39 is 0 Å². The minimum Gasteiger partial charge on any atom is -0.497 e. The molecule has 7 nitrogen and oxygen atoms in total. The minimum absolute atomic E-state index is 0.0207. The van der Waals surface area contributed by atoms with Gasteiger partial charge in [-0.05, 0) is 29.8 Å². The summed E-state index contributed by atoms with van der Waals surface area (Å²) in [4.78, 5) is 20.4. The van der Waals surface area contributed by atoms with E-state index >= 15 is 0 Å². The fourth-order valence-electron chi connectivity index (χ4n) is 2.46. The van der Waals surface area contributed by atoms with E-state index in [2.05, 4.69) is 20.6 Å². The summed E-state index contributed by atoms with van der Waals surface area (Å²) in [5.41, 5.74) is 0.948. The second-order valence-corrected chi connectivity index (χ2v) is 5.65. The molecule has 2 heterocycles. The normalized spacial score (nSPS) is 10.3. The number of aromatic nitrogens is 3. The number of rotatable bonds is 8. The second kappa shape index (κ2) is 8.66. The van der Waals surface area contributed by atoms with Crippen LogP contribution in [0.15, 0.2) is 61.2 Å². The molecule has 2 aromatic heterocycles. The van der Waals surface area contributed by atoms with E-state index in [1.807, 2.05) is 59.4 Å². The Balaban J connectivity index is 1.42. The molecule has 134 valence electrons. The molecule has 0 bridgehead atoms. The Morgan fingerprint density at radius 1 is 1.12 bits per heavy atom. The number of benzene rings is 1. The number of ether oxygens (including phenoxy) is 1. The molecule has 0 spiro atoms. The summed E-state index contributed by atoms with van der Waals surface area (Å²) in [6.07, 6.45) is 5.70. The number of nitrogens with zero attached hydrogens (tertiary/aromatic N) is 3. The summed E-state index contributed by atoms with van der Waals surface area (Å²) in [6, 6.07) is 13.2. The molecule has 26 heavy (non-hydrogen) atoms. The Hall–Kier alpha value is -3.35. The molecule has 0 unspecified atom stereocenters. The number of carbonyl (C=O) groups is 1. The van der Waals surface area contributed by atoms with Crippen LogP contribution in [0.25, 0.3) is 5.82 Å². The van der Waals surface area contributed by atoms with Crippen molar-refractivity contribution in [2.75, 3.05) is 25.5 Å².